The number of hydrogen-bond acceptors (Lipinski definition) is 3. The highest BCUT2D eigenvalue weighted by Gasteiger charge is 2.15. The van der Waals surface area contributed by atoms with Gasteiger partial charge in [-0.1, -0.05) is 24.6 Å². The average molecular weight is 285 g/mol. The van der Waals surface area contributed by atoms with Gasteiger partial charge in [-0.3, -0.25) is 0 Å². The van der Waals surface area contributed by atoms with Gasteiger partial charge >= 0.3 is 0 Å². The summed E-state index contributed by atoms with van der Waals surface area (Å²) in [6.45, 7) is 6.23. The Morgan fingerprint density at radius 3 is 3.06 bits per heavy atom. The van der Waals surface area contributed by atoms with Crippen molar-refractivity contribution in [2.45, 2.75) is 19.9 Å². The van der Waals surface area contributed by atoms with Gasteiger partial charge in [-0.05, 0) is 30.9 Å². The predicted molar refractivity (Wildman–Crippen MR) is 83.0 cm³/mol. The molecule has 0 amide bonds. The fourth-order valence-electron chi connectivity index (χ4n) is 2.26. The fraction of sp³-hybridized carbons (Fsp3) is 0.571. The third-order valence-corrected chi connectivity index (χ3v) is 4.61. The van der Waals surface area contributed by atoms with E-state index in [1.165, 1.54) is 29.2 Å². The highest BCUT2D eigenvalue weighted by Crippen LogP contribution is 2.29. The summed E-state index contributed by atoms with van der Waals surface area (Å²) < 4.78 is 0. The summed E-state index contributed by atoms with van der Waals surface area (Å²) in [4.78, 5) is 2.48. The molecule has 0 bridgehead atoms. The molecule has 1 N–H and O–H groups in total. The van der Waals surface area contributed by atoms with Crippen LogP contribution in [0.3, 0.4) is 0 Å². The second-order valence-electron chi connectivity index (χ2n) is 4.47. The molecule has 0 radical (unpaired) electrons. The zero-order valence-electron chi connectivity index (χ0n) is 10.9. The first kappa shape index (κ1) is 14.0. The van der Waals surface area contributed by atoms with Gasteiger partial charge in [0.15, 0.2) is 0 Å². The van der Waals surface area contributed by atoms with Crippen molar-refractivity contribution in [1.29, 1.82) is 0 Å². The summed E-state index contributed by atoms with van der Waals surface area (Å²) in [7, 11) is 0. The van der Waals surface area contributed by atoms with Crippen LogP contribution in [0.2, 0.25) is 5.02 Å². The van der Waals surface area contributed by atoms with Crippen molar-refractivity contribution in [3.05, 3.63) is 28.8 Å². The Balaban J connectivity index is 2.21. The van der Waals surface area contributed by atoms with Crippen LogP contribution in [0.1, 0.15) is 18.9 Å². The quantitative estimate of drug-likeness (QED) is 0.912. The van der Waals surface area contributed by atoms with Gasteiger partial charge in [0, 0.05) is 41.7 Å². The number of hydrogen-bond donors (Lipinski definition) is 1. The first-order valence-corrected chi connectivity index (χ1v) is 8.17. The molecule has 1 aliphatic rings. The minimum atomic E-state index is 0.856. The van der Waals surface area contributed by atoms with E-state index in [9.17, 15) is 0 Å². The molecule has 0 aliphatic carbocycles. The normalized spacial score (nSPS) is 16.7. The molecule has 0 spiro atoms. The smallest absolute Gasteiger partial charge is 0.0471 e. The number of benzene rings is 1. The lowest BCUT2D eigenvalue weighted by atomic mass is 10.1. The van der Waals surface area contributed by atoms with Gasteiger partial charge < -0.3 is 10.2 Å². The molecule has 1 aliphatic heterocycles. The van der Waals surface area contributed by atoms with Gasteiger partial charge in [-0.2, -0.15) is 11.8 Å². The average Bonchev–Trinajstić information content (AvgIpc) is 2.66. The molecule has 100 valence electrons. The van der Waals surface area contributed by atoms with Gasteiger partial charge in [0.1, 0.15) is 0 Å². The number of thioether (sulfide) groups is 1. The van der Waals surface area contributed by atoms with Crippen LogP contribution < -0.4 is 10.2 Å². The van der Waals surface area contributed by atoms with Gasteiger partial charge in [-0.15, -0.1) is 0 Å². The largest absolute Gasteiger partial charge is 0.370 e. The lowest BCUT2D eigenvalue weighted by molar-refractivity contribution is 0.719. The Morgan fingerprint density at radius 2 is 2.22 bits per heavy atom. The molecule has 0 atom stereocenters. The van der Waals surface area contributed by atoms with Crippen LogP contribution >= 0.6 is 23.4 Å². The van der Waals surface area contributed by atoms with Crippen molar-refractivity contribution in [3.63, 3.8) is 0 Å². The molecule has 0 aromatic heterocycles. The van der Waals surface area contributed by atoms with E-state index in [-0.39, 0.29) is 0 Å². The number of nitrogens with zero attached hydrogens (tertiary/aromatic N) is 1. The van der Waals surface area contributed by atoms with Gasteiger partial charge in [0.2, 0.25) is 0 Å². The lowest BCUT2D eigenvalue weighted by Gasteiger charge is -2.26. The topological polar surface area (TPSA) is 15.3 Å². The first-order chi connectivity index (χ1) is 8.83. The minimum absolute atomic E-state index is 0.856. The summed E-state index contributed by atoms with van der Waals surface area (Å²) in [5, 5.41) is 4.26. The standard InChI is InChI=1S/C14H21ClN2S/c1-2-16-11-12-13(15)5-3-6-14(12)17-7-4-9-18-10-8-17/h3,5-6,16H,2,4,7-11H2,1H3. The molecule has 1 saturated heterocycles. The van der Waals surface area contributed by atoms with E-state index in [2.05, 4.69) is 41.0 Å². The van der Waals surface area contributed by atoms with Crippen molar-refractivity contribution in [1.82, 2.24) is 5.32 Å². The van der Waals surface area contributed by atoms with Gasteiger partial charge in [-0.25, -0.2) is 0 Å². The van der Waals surface area contributed by atoms with Crippen molar-refractivity contribution in [2.24, 2.45) is 0 Å². The molecular weight excluding hydrogens is 264 g/mol. The van der Waals surface area contributed by atoms with Gasteiger partial charge in [0.25, 0.3) is 0 Å². The van der Waals surface area contributed by atoms with E-state index in [1.807, 2.05) is 6.07 Å². The molecule has 1 heterocycles. The van der Waals surface area contributed by atoms with Crippen LogP contribution in [-0.4, -0.2) is 31.1 Å². The third kappa shape index (κ3) is 3.56. The van der Waals surface area contributed by atoms with Crippen LogP contribution in [0.15, 0.2) is 18.2 Å². The second-order valence-corrected chi connectivity index (χ2v) is 6.10. The molecule has 2 nitrogen and oxygen atoms in total. The van der Waals surface area contributed by atoms with Crippen molar-refractivity contribution in [2.75, 3.05) is 36.0 Å². The van der Waals surface area contributed by atoms with E-state index in [0.29, 0.717) is 0 Å². The van der Waals surface area contributed by atoms with Crippen molar-refractivity contribution >= 4 is 29.1 Å². The van der Waals surface area contributed by atoms with E-state index in [4.69, 9.17) is 11.6 Å². The number of rotatable bonds is 4. The summed E-state index contributed by atoms with van der Waals surface area (Å²) in [5.74, 6) is 2.49. The van der Waals surface area contributed by atoms with Crippen LogP contribution in [0.25, 0.3) is 0 Å². The fourth-order valence-corrected chi connectivity index (χ4v) is 3.38. The minimum Gasteiger partial charge on any atom is -0.370 e. The number of nitrogens with one attached hydrogen (secondary N) is 1. The Kier molecular flexibility index (Phi) is 5.67. The van der Waals surface area contributed by atoms with E-state index >= 15 is 0 Å². The highest BCUT2D eigenvalue weighted by molar-refractivity contribution is 7.99. The maximum absolute atomic E-state index is 6.35. The predicted octanol–water partition coefficient (Wildman–Crippen LogP) is 3.39. The second kappa shape index (κ2) is 7.27. The lowest BCUT2D eigenvalue weighted by Crippen LogP contribution is -2.27. The molecule has 1 aromatic rings. The molecular formula is C14H21ClN2S. The summed E-state index contributed by atoms with van der Waals surface area (Å²) in [5.41, 5.74) is 2.55. The SMILES string of the molecule is CCNCc1c(Cl)cccc1N1CCCSCC1. The van der Waals surface area contributed by atoms with Crippen LogP contribution in [0.5, 0.6) is 0 Å². The zero-order chi connectivity index (χ0) is 12.8. The molecule has 1 aromatic carbocycles. The number of anilines is 1. The van der Waals surface area contributed by atoms with Crippen LogP contribution in [0, 0.1) is 0 Å². The molecule has 18 heavy (non-hydrogen) atoms. The Morgan fingerprint density at radius 1 is 1.33 bits per heavy atom. The summed E-state index contributed by atoms with van der Waals surface area (Å²) in [6, 6.07) is 6.25. The van der Waals surface area contributed by atoms with E-state index < -0.39 is 0 Å². The number of halogens is 1. The molecule has 4 heteroatoms. The van der Waals surface area contributed by atoms with E-state index in [0.717, 1.165) is 31.2 Å². The first-order valence-electron chi connectivity index (χ1n) is 6.63. The van der Waals surface area contributed by atoms with Crippen LogP contribution in [0.4, 0.5) is 5.69 Å². The highest BCUT2D eigenvalue weighted by atomic mass is 35.5. The summed E-state index contributed by atoms with van der Waals surface area (Å²) >= 11 is 8.41. The maximum Gasteiger partial charge on any atom is 0.0471 e. The maximum atomic E-state index is 6.35. The molecule has 0 saturated carbocycles. The molecule has 2 rings (SSSR count). The van der Waals surface area contributed by atoms with Crippen molar-refractivity contribution in [3.8, 4) is 0 Å². The summed E-state index contributed by atoms with van der Waals surface area (Å²) in [6.07, 6.45) is 1.26. The van der Waals surface area contributed by atoms with Crippen molar-refractivity contribution < 1.29 is 0 Å². The third-order valence-electron chi connectivity index (χ3n) is 3.21. The Hall–Kier alpha value is -0.380. The zero-order valence-corrected chi connectivity index (χ0v) is 12.5. The van der Waals surface area contributed by atoms with E-state index in [1.54, 1.807) is 0 Å². The Bertz CT molecular complexity index is 376. The Labute approximate surface area is 119 Å². The van der Waals surface area contributed by atoms with Gasteiger partial charge in [0.05, 0.1) is 0 Å². The molecule has 0 unspecified atom stereocenters. The molecule has 1 fully saturated rings. The monoisotopic (exact) mass is 284 g/mol. The van der Waals surface area contributed by atoms with Crippen LogP contribution in [-0.2, 0) is 6.54 Å².